The number of nitrogens with zero attached hydrogens (tertiary/aromatic N) is 1. The number of hydrogen-bond donors (Lipinski definition) is 1. The smallest absolute Gasteiger partial charge is 0.245 e. The molecule has 2 amide bonds. The van der Waals surface area contributed by atoms with E-state index in [0.717, 1.165) is 31.0 Å². The number of hydrogen-bond acceptors (Lipinski definition) is 2. The Kier molecular flexibility index (Phi) is 7.30. The first-order valence-electron chi connectivity index (χ1n) is 9.24. The van der Waals surface area contributed by atoms with Crippen molar-refractivity contribution in [1.29, 1.82) is 0 Å². The summed E-state index contributed by atoms with van der Waals surface area (Å²) in [4.78, 5) is 26.6. The van der Waals surface area contributed by atoms with Crippen LogP contribution >= 0.6 is 11.6 Å². The molecule has 5 heteroatoms. The number of benzene rings is 1. The minimum Gasteiger partial charge on any atom is -0.344 e. The fourth-order valence-electron chi connectivity index (χ4n) is 3.35. The lowest BCUT2D eigenvalue weighted by Gasteiger charge is -2.34. The van der Waals surface area contributed by atoms with Crippen molar-refractivity contribution >= 4 is 23.4 Å². The molecule has 138 valence electrons. The van der Waals surface area contributed by atoms with Crippen LogP contribution in [0.5, 0.6) is 0 Å². The molecule has 1 heterocycles. The standard InChI is InChI=1S/C20H29ClN2O2/c1-4-18(22-19(24)13-14(2)3)20(25)23-11-9-16(10-12-23)15-5-7-17(21)8-6-15/h5-8,14,16,18H,4,9-13H2,1-3H3,(H,22,24)/t18-/m1/s1. The number of carbonyl (C=O) groups excluding carboxylic acids is 2. The molecule has 0 aliphatic carbocycles. The summed E-state index contributed by atoms with van der Waals surface area (Å²) in [6.45, 7) is 7.43. The largest absolute Gasteiger partial charge is 0.344 e. The summed E-state index contributed by atoms with van der Waals surface area (Å²) in [7, 11) is 0. The molecule has 1 aromatic carbocycles. The van der Waals surface area contributed by atoms with E-state index in [9.17, 15) is 9.59 Å². The molecule has 0 saturated carbocycles. The predicted octanol–water partition coefficient (Wildman–Crippen LogP) is 3.99. The fraction of sp³-hybridized carbons (Fsp3) is 0.600. The second-order valence-corrected chi connectivity index (χ2v) is 7.71. The minimum absolute atomic E-state index is 0.0359. The summed E-state index contributed by atoms with van der Waals surface area (Å²) in [5, 5.41) is 3.65. The first-order valence-corrected chi connectivity index (χ1v) is 9.62. The zero-order valence-corrected chi connectivity index (χ0v) is 16.2. The average molecular weight is 365 g/mol. The maximum atomic E-state index is 12.7. The number of likely N-dealkylation sites (tertiary alicyclic amines) is 1. The van der Waals surface area contributed by atoms with E-state index in [-0.39, 0.29) is 11.8 Å². The lowest BCUT2D eigenvalue weighted by atomic mass is 9.89. The first kappa shape index (κ1) is 19.8. The van der Waals surface area contributed by atoms with Crippen LogP contribution in [0.3, 0.4) is 0 Å². The zero-order valence-electron chi connectivity index (χ0n) is 15.4. The summed E-state index contributed by atoms with van der Waals surface area (Å²) in [5.74, 6) is 0.778. The molecular formula is C20H29ClN2O2. The van der Waals surface area contributed by atoms with Gasteiger partial charge in [0.25, 0.3) is 0 Å². The summed E-state index contributed by atoms with van der Waals surface area (Å²) in [6.07, 6.45) is 2.98. The van der Waals surface area contributed by atoms with Gasteiger partial charge in [0.1, 0.15) is 6.04 Å². The number of halogens is 1. The van der Waals surface area contributed by atoms with E-state index >= 15 is 0 Å². The molecular weight excluding hydrogens is 336 g/mol. The summed E-state index contributed by atoms with van der Waals surface area (Å²) in [6, 6.07) is 7.59. The van der Waals surface area contributed by atoms with E-state index in [2.05, 4.69) is 17.4 Å². The molecule has 2 rings (SSSR count). The van der Waals surface area contributed by atoms with Crippen molar-refractivity contribution in [2.75, 3.05) is 13.1 Å². The molecule has 0 unspecified atom stereocenters. The number of amides is 2. The van der Waals surface area contributed by atoms with Crippen LogP contribution in [0.1, 0.15) is 57.9 Å². The number of carbonyl (C=O) groups is 2. The SMILES string of the molecule is CC[C@@H](NC(=O)CC(C)C)C(=O)N1CCC(c2ccc(Cl)cc2)CC1. The normalized spacial score (nSPS) is 16.8. The highest BCUT2D eigenvalue weighted by molar-refractivity contribution is 6.30. The van der Waals surface area contributed by atoms with Crippen LogP contribution < -0.4 is 5.32 Å². The third-order valence-corrected chi connectivity index (χ3v) is 5.04. The van der Waals surface area contributed by atoms with Crippen molar-refractivity contribution in [3.63, 3.8) is 0 Å². The van der Waals surface area contributed by atoms with Crippen LogP contribution in [0.2, 0.25) is 5.02 Å². The molecule has 1 saturated heterocycles. The third-order valence-electron chi connectivity index (χ3n) is 4.78. The highest BCUT2D eigenvalue weighted by atomic mass is 35.5. The van der Waals surface area contributed by atoms with E-state index in [4.69, 9.17) is 11.6 Å². The van der Waals surface area contributed by atoms with Crippen LogP contribution in [-0.4, -0.2) is 35.8 Å². The highest BCUT2D eigenvalue weighted by Gasteiger charge is 2.28. The van der Waals surface area contributed by atoms with Crippen LogP contribution in [0, 0.1) is 5.92 Å². The maximum absolute atomic E-state index is 12.7. The fourth-order valence-corrected chi connectivity index (χ4v) is 3.48. The highest BCUT2D eigenvalue weighted by Crippen LogP contribution is 2.29. The Balaban J connectivity index is 1.88. The quantitative estimate of drug-likeness (QED) is 0.829. The Morgan fingerprint density at radius 2 is 1.80 bits per heavy atom. The van der Waals surface area contributed by atoms with E-state index in [1.807, 2.05) is 37.8 Å². The van der Waals surface area contributed by atoms with Gasteiger partial charge in [-0.25, -0.2) is 0 Å². The van der Waals surface area contributed by atoms with Gasteiger partial charge in [0.05, 0.1) is 0 Å². The van der Waals surface area contributed by atoms with Gasteiger partial charge < -0.3 is 10.2 Å². The van der Waals surface area contributed by atoms with E-state index in [0.29, 0.717) is 24.7 Å². The monoisotopic (exact) mass is 364 g/mol. The van der Waals surface area contributed by atoms with E-state index < -0.39 is 6.04 Å². The average Bonchev–Trinajstić information content (AvgIpc) is 2.59. The molecule has 1 aromatic rings. The van der Waals surface area contributed by atoms with Gasteiger partial charge in [0.15, 0.2) is 0 Å². The molecule has 0 bridgehead atoms. The topological polar surface area (TPSA) is 49.4 Å². The molecule has 1 atom stereocenters. The second-order valence-electron chi connectivity index (χ2n) is 7.28. The van der Waals surface area contributed by atoms with Crippen LogP contribution in [0.15, 0.2) is 24.3 Å². The lowest BCUT2D eigenvalue weighted by molar-refractivity contribution is -0.137. The van der Waals surface area contributed by atoms with Gasteiger partial charge in [-0.1, -0.05) is 44.5 Å². The number of nitrogens with one attached hydrogen (secondary N) is 1. The van der Waals surface area contributed by atoms with Gasteiger partial charge in [0, 0.05) is 24.5 Å². The van der Waals surface area contributed by atoms with Gasteiger partial charge in [-0.3, -0.25) is 9.59 Å². The first-order chi connectivity index (χ1) is 11.9. The Morgan fingerprint density at radius 3 is 2.32 bits per heavy atom. The molecule has 25 heavy (non-hydrogen) atoms. The van der Waals surface area contributed by atoms with Crippen LogP contribution in [0.25, 0.3) is 0 Å². The summed E-state index contributed by atoms with van der Waals surface area (Å²) < 4.78 is 0. The summed E-state index contributed by atoms with van der Waals surface area (Å²) in [5.41, 5.74) is 1.29. The van der Waals surface area contributed by atoms with Gasteiger partial charge >= 0.3 is 0 Å². The minimum atomic E-state index is -0.404. The van der Waals surface area contributed by atoms with Crippen molar-refractivity contribution in [3.05, 3.63) is 34.9 Å². The Labute approximate surface area is 155 Å². The van der Waals surface area contributed by atoms with Crippen molar-refractivity contribution in [3.8, 4) is 0 Å². The second kappa shape index (κ2) is 9.23. The number of rotatable bonds is 6. The lowest BCUT2D eigenvalue weighted by Crippen LogP contribution is -2.50. The van der Waals surface area contributed by atoms with Gasteiger partial charge in [-0.15, -0.1) is 0 Å². The Bertz CT molecular complexity index is 578. The van der Waals surface area contributed by atoms with Crippen molar-refractivity contribution in [2.45, 2.75) is 58.4 Å². The molecule has 1 N–H and O–H groups in total. The molecule has 1 fully saturated rings. The third kappa shape index (κ3) is 5.74. The van der Waals surface area contributed by atoms with Crippen molar-refractivity contribution in [1.82, 2.24) is 10.2 Å². The summed E-state index contributed by atoms with van der Waals surface area (Å²) >= 11 is 5.95. The maximum Gasteiger partial charge on any atom is 0.245 e. The van der Waals surface area contributed by atoms with E-state index in [1.54, 1.807) is 0 Å². The number of piperidine rings is 1. The molecule has 0 spiro atoms. The molecule has 0 aromatic heterocycles. The Morgan fingerprint density at radius 1 is 1.20 bits per heavy atom. The molecule has 1 aliphatic rings. The zero-order chi connectivity index (χ0) is 18.4. The van der Waals surface area contributed by atoms with Crippen molar-refractivity contribution < 1.29 is 9.59 Å². The molecule has 4 nitrogen and oxygen atoms in total. The van der Waals surface area contributed by atoms with Gasteiger partial charge in [-0.05, 0) is 48.8 Å². The Hall–Kier alpha value is -1.55. The van der Waals surface area contributed by atoms with Crippen LogP contribution in [0.4, 0.5) is 0 Å². The van der Waals surface area contributed by atoms with Crippen LogP contribution in [-0.2, 0) is 9.59 Å². The van der Waals surface area contributed by atoms with Gasteiger partial charge in [0.2, 0.25) is 11.8 Å². The predicted molar refractivity (Wildman–Crippen MR) is 102 cm³/mol. The molecule has 0 radical (unpaired) electrons. The van der Waals surface area contributed by atoms with Crippen molar-refractivity contribution in [2.24, 2.45) is 5.92 Å². The van der Waals surface area contributed by atoms with Gasteiger partial charge in [-0.2, -0.15) is 0 Å². The van der Waals surface area contributed by atoms with E-state index in [1.165, 1.54) is 5.56 Å². The molecule has 1 aliphatic heterocycles.